The van der Waals surface area contributed by atoms with Crippen molar-refractivity contribution in [2.24, 2.45) is 0 Å². The number of aromatic nitrogens is 2. The molecule has 0 saturated carbocycles. The Morgan fingerprint density at radius 3 is 2.74 bits per heavy atom. The molecule has 1 unspecified atom stereocenters. The molecule has 5 nitrogen and oxygen atoms in total. The average molecular weight is 268 g/mol. The molecule has 1 rings (SSSR count). The molecule has 0 amide bonds. The van der Waals surface area contributed by atoms with E-state index in [0.29, 0.717) is 6.04 Å². The Balaban J connectivity index is 2.69. The van der Waals surface area contributed by atoms with Crippen LogP contribution in [0.15, 0.2) is 6.20 Å². The number of hydrogen-bond acceptors (Lipinski definition) is 4. The maximum Gasteiger partial charge on any atom is 0.159 e. The summed E-state index contributed by atoms with van der Waals surface area (Å²) in [6.07, 6.45) is 5.07. The largest absolute Gasteiger partial charge is 0.493 e. The second-order valence-corrected chi connectivity index (χ2v) is 5.12. The number of methoxy groups -OCH3 is 1. The fraction of sp³-hybridized carbons (Fsp3) is 0.786. The maximum atomic E-state index is 5.42. The number of hydrogen-bond donors (Lipinski definition) is 1. The molecule has 0 saturated heterocycles. The average Bonchev–Trinajstić information content (AvgIpc) is 2.79. The van der Waals surface area contributed by atoms with Gasteiger partial charge in [0.2, 0.25) is 0 Å². The van der Waals surface area contributed by atoms with Gasteiger partial charge in [0.25, 0.3) is 0 Å². The molecule has 0 aliphatic carbocycles. The number of nitrogens with zero attached hydrogens (tertiary/aromatic N) is 3. The minimum atomic E-state index is 0.557. The molecule has 0 aliphatic rings. The Hall–Kier alpha value is -1.07. The van der Waals surface area contributed by atoms with Crippen LogP contribution in [0.1, 0.15) is 25.5 Å². The van der Waals surface area contributed by atoms with E-state index in [4.69, 9.17) is 4.74 Å². The second kappa shape index (κ2) is 8.17. The highest BCUT2D eigenvalue weighted by Gasteiger charge is 2.13. The summed E-state index contributed by atoms with van der Waals surface area (Å²) in [4.78, 5) is 2.17. The normalized spacial score (nSPS) is 12.9. The lowest BCUT2D eigenvalue weighted by molar-refractivity contribution is 0.363. The van der Waals surface area contributed by atoms with Crippen LogP contribution in [0, 0.1) is 0 Å². The van der Waals surface area contributed by atoms with Crippen LogP contribution in [0.4, 0.5) is 0 Å². The van der Waals surface area contributed by atoms with Crippen molar-refractivity contribution in [2.45, 2.75) is 38.8 Å². The van der Waals surface area contributed by atoms with Crippen molar-refractivity contribution in [1.29, 1.82) is 0 Å². The van der Waals surface area contributed by atoms with Crippen LogP contribution in [-0.2, 0) is 13.0 Å². The zero-order valence-corrected chi connectivity index (χ0v) is 12.9. The molecule has 19 heavy (non-hydrogen) atoms. The van der Waals surface area contributed by atoms with Gasteiger partial charge in [0, 0.05) is 12.6 Å². The summed E-state index contributed by atoms with van der Waals surface area (Å²) in [6.45, 7) is 4.10. The number of rotatable bonds is 9. The monoisotopic (exact) mass is 268 g/mol. The van der Waals surface area contributed by atoms with Crippen LogP contribution in [0.25, 0.3) is 0 Å². The van der Waals surface area contributed by atoms with Crippen molar-refractivity contribution >= 4 is 0 Å². The fourth-order valence-electron chi connectivity index (χ4n) is 2.17. The first-order valence-electron chi connectivity index (χ1n) is 7.03. The van der Waals surface area contributed by atoms with Crippen LogP contribution in [0.2, 0.25) is 0 Å². The Labute approximate surface area is 116 Å². The summed E-state index contributed by atoms with van der Waals surface area (Å²) in [6, 6.07) is 0.557. The summed E-state index contributed by atoms with van der Waals surface area (Å²) in [5, 5.41) is 7.78. The first kappa shape index (κ1) is 16.0. The molecule has 0 radical (unpaired) electrons. The molecule has 1 N–H and O–H groups in total. The lowest BCUT2D eigenvalue weighted by Crippen LogP contribution is -2.25. The number of likely N-dealkylation sites (N-methyl/N-ethyl adjacent to an activating group) is 1. The molecule has 0 aliphatic heterocycles. The van der Waals surface area contributed by atoms with Crippen LogP contribution < -0.4 is 10.1 Å². The van der Waals surface area contributed by atoms with Crippen molar-refractivity contribution in [3.8, 4) is 5.75 Å². The Kier molecular flexibility index (Phi) is 6.87. The predicted octanol–water partition coefficient (Wildman–Crippen LogP) is 1.38. The Bertz CT molecular complexity index is 358. The van der Waals surface area contributed by atoms with Crippen LogP contribution in [-0.4, -0.2) is 55.5 Å². The van der Waals surface area contributed by atoms with Crippen molar-refractivity contribution in [3.63, 3.8) is 0 Å². The molecule has 5 heteroatoms. The minimum absolute atomic E-state index is 0.557. The smallest absolute Gasteiger partial charge is 0.159 e. The van der Waals surface area contributed by atoms with Gasteiger partial charge in [-0.05, 0) is 40.4 Å². The first-order chi connectivity index (χ1) is 9.12. The number of ether oxygens (including phenoxy) is 1. The first-order valence-corrected chi connectivity index (χ1v) is 7.03. The van der Waals surface area contributed by atoms with Gasteiger partial charge in [0.05, 0.1) is 25.5 Å². The Morgan fingerprint density at radius 1 is 1.47 bits per heavy atom. The highest BCUT2D eigenvalue weighted by Crippen LogP contribution is 2.20. The molecule has 1 aromatic rings. The third kappa shape index (κ3) is 4.84. The van der Waals surface area contributed by atoms with Gasteiger partial charge in [-0.15, -0.1) is 0 Å². The van der Waals surface area contributed by atoms with Gasteiger partial charge >= 0.3 is 0 Å². The molecule has 1 heterocycles. The van der Waals surface area contributed by atoms with E-state index < -0.39 is 0 Å². The second-order valence-electron chi connectivity index (χ2n) is 5.12. The van der Waals surface area contributed by atoms with Crippen molar-refractivity contribution in [3.05, 3.63) is 11.9 Å². The van der Waals surface area contributed by atoms with E-state index in [1.807, 2.05) is 13.2 Å². The zero-order valence-electron chi connectivity index (χ0n) is 12.9. The van der Waals surface area contributed by atoms with Crippen LogP contribution >= 0.6 is 0 Å². The maximum absolute atomic E-state index is 5.42. The summed E-state index contributed by atoms with van der Waals surface area (Å²) >= 11 is 0. The summed E-state index contributed by atoms with van der Waals surface area (Å²) in [5.74, 6) is 0.907. The van der Waals surface area contributed by atoms with Gasteiger partial charge in [-0.1, -0.05) is 6.92 Å². The van der Waals surface area contributed by atoms with Crippen LogP contribution in [0.3, 0.4) is 0 Å². The van der Waals surface area contributed by atoms with E-state index >= 15 is 0 Å². The van der Waals surface area contributed by atoms with E-state index in [-0.39, 0.29) is 0 Å². The summed E-state index contributed by atoms with van der Waals surface area (Å²) in [7, 11) is 7.89. The molecule has 0 bridgehead atoms. The van der Waals surface area contributed by atoms with Gasteiger partial charge in [0.1, 0.15) is 0 Å². The molecular formula is C14H28N4O. The van der Waals surface area contributed by atoms with E-state index in [2.05, 4.69) is 41.0 Å². The standard InChI is InChI=1S/C14H28N4O/c1-6-12(15-2)7-8-13-14(19-5)11-16-18(13)10-9-17(3)4/h11-12,15H,6-10H2,1-5H3. The highest BCUT2D eigenvalue weighted by molar-refractivity contribution is 5.25. The molecule has 0 fully saturated rings. The van der Waals surface area contributed by atoms with Gasteiger partial charge < -0.3 is 15.0 Å². The van der Waals surface area contributed by atoms with Gasteiger partial charge in [-0.3, -0.25) is 4.68 Å². The van der Waals surface area contributed by atoms with Gasteiger partial charge in [0.15, 0.2) is 5.75 Å². The lowest BCUT2D eigenvalue weighted by Gasteiger charge is -2.16. The molecule has 1 atom stereocenters. The van der Waals surface area contributed by atoms with Crippen molar-refractivity contribution < 1.29 is 4.74 Å². The van der Waals surface area contributed by atoms with Crippen molar-refractivity contribution in [1.82, 2.24) is 20.0 Å². The summed E-state index contributed by atoms with van der Waals surface area (Å²) in [5.41, 5.74) is 1.21. The van der Waals surface area contributed by atoms with E-state index in [0.717, 1.165) is 38.1 Å². The lowest BCUT2D eigenvalue weighted by atomic mass is 10.1. The third-order valence-electron chi connectivity index (χ3n) is 3.52. The van der Waals surface area contributed by atoms with E-state index in [1.54, 1.807) is 7.11 Å². The molecule has 110 valence electrons. The molecular weight excluding hydrogens is 240 g/mol. The topological polar surface area (TPSA) is 42.3 Å². The number of nitrogens with one attached hydrogen (secondary N) is 1. The third-order valence-corrected chi connectivity index (χ3v) is 3.52. The van der Waals surface area contributed by atoms with Crippen LogP contribution in [0.5, 0.6) is 5.75 Å². The zero-order chi connectivity index (χ0) is 14.3. The molecule has 0 spiro atoms. The minimum Gasteiger partial charge on any atom is -0.493 e. The van der Waals surface area contributed by atoms with Crippen molar-refractivity contribution in [2.75, 3.05) is 34.8 Å². The Morgan fingerprint density at radius 2 is 2.21 bits per heavy atom. The van der Waals surface area contributed by atoms with Gasteiger partial charge in [-0.2, -0.15) is 5.10 Å². The molecule has 1 aromatic heterocycles. The quantitative estimate of drug-likeness (QED) is 0.735. The summed E-state index contributed by atoms with van der Waals surface area (Å²) < 4.78 is 7.49. The van der Waals surface area contributed by atoms with E-state index in [9.17, 15) is 0 Å². The van der Waals surface area contributed by atoms with E-state index in [1.165, 1.54) is 5.69 Å². The molecule has 0 aromatic carbocycles. The predicted molar refractivity (Wildman–Crippen MR) is 78.8 cm³/mol. The fourth-order valence-corrected chi connectivity index (χ4v) is 2.17. The SMILES string of the molecule is CCC(CCc1c(OC)cnn1CCN(C)C)NC. The highest BCUT2D eigenvalue weighted by atomic mass is 16.5. The van der Waals surface area contributed by atoms with Gasteiger partial charge in [-0.25, -0.2) is 0 Å².